The maximum atomic E-state index is 12.9. The van der Waals surface area contributed by atoms with Gasteiger partial charge in [-0.15, -0.1) is 0 Å². The van der Waals surface area contributed by atoms with E-state index < -0.39 is 17.7 Å². The topological polar surface area (TPSA) is 77.0 Å². The second-order valence-corrected chi connectivity index (χ2v) is 6.68. The van der Waals surface area contributed by atoms with Gasteiger partial charge in [0.05, 0.1) is 18.4 Å². The predicted molar refractivity (Wildman–Crippen MR) is 115 cm³/mol. The number of benzene rings is 3. The fourth-order valence-corrected chi connectivity index (χ4v) is 2.66. The number of nitrogens with zero attached hydrogens (tertiary/aromatic N) is 1. The first-order chi connectivity index (χ1) is 15.0. The molecule has 3 aromatic carbocycles. The quantitative estimate of drug-likeness (QED) is 0.246. The van der Waals surface area contributed by atoms with Gasteiger partial charge in [0, 0.05) is 10.6 Å². The van der Waals surface area contributed by atoms with Crippen molar-refractivity contribution >= 4 is 29.7 Å². The van der Waals surface area contributed by atoms with Crippen molar-refractivity contribution in [2.75, 3.05) is 6.61 Å². The van der Waals surface area contributed by atoms with Gasteiger partial charge in [0.2, 0.25) is 0 Å². The Labute approximate surface area is 183 Å². The fourth-order valence-electron chi connectivity index (χ4n) is 2.53. The third-order valence-corrected chi connectivity index (χ3v) is 4.29. The van der Waals surface area contributed by atoms with E-state index in [1.165, 1.54) is 30.5 Å². The number of nitrogens with one attached hydrogen (secondary N) is 1. The van der Waals surface area contributed by atoms with Crippen LogP contribution in [0.15, 0.2) is 71.8 Å². The van der Waals surface area contributed by atoms with E-state index in [4.69, 9.17) is 21.1 Å². The van der Waals surface area contributed by atoms with Gasteiger partial charge in [-0.3, -0.25) is 4.79 Å². The number of halogens is 2. The average Bonchev–Trinajstić information content (AvgIpc) is 2.76. The number of hydrazone groups is 1. The van der Waals surface area contributed by atoms with Crippen molar-refractivity contribution in [3.8, 4) is 11.5 Å². The van der Waals surface area contributed by atoms with Crippen LogP contribution in [0.3, 0.4) is 0 Å². The van der Waals surface area contributed by atoms with Crippen molar-refractivity contribution in [2.24, 2.45) is 5.10 Å². The first-order valence-electron chi connectivity index (χ1n) is 9.30. The number of esters is 1. The van der Waals surface area contributed by atoms with Crippen LogP contribution in [0.4, 0.5) is 4.39 Å². The molecule has 0 bridgehead atoms. The average molecular weight is 441 g/mol. The summed E-state index contributed by atoms with van der Waals surface area (Å²) in [4.78, 5) is 24.4. The molecule has 6 nitrogen and oxygen atoms in total. The van der Waals surface area contributed by atoms with E-state index in [9.17, 15) is 14.0 Å². The lowest BCUT2D eigenvalue weighted by molar-refractivity contribution is 0.0728. The maximum Gasteiger partial charge on any atom is 0.343 e. The van der Waals surface area contributed by atoms with Gasteiger partial charge in [0.1, 0.15) is 5.82 Å². The Kier molecular flexibility index (Phi) is 7.35. The summed E-state index contributed by atoms with van der Waals surface area (Å²) < 4.78 is 23.9. The third kappa shape index (κ3) is 6.13. The van der Waals surface area contributed by atoms with Crippen LogP contribution in [0.25, 0.3) is 0 Å². The lowest BCUT2D eigenvalue weighted by Gasteiger charge is -2.11. The van der Waals surface area contributed by atoms with Crippen molar-refractivity contribution in [3.05, 3.63) is 94.3 Å². The molecule has 0 aliphatic carbocycles. The molecule has 0 fully saturated rings. The first kappa shape index (κ1) is 22.0. The molecule has 0 aliphatic rings. The Morgan fingerprint density at radius 1 is 1.00 bits per heavy atom. The highest BCUT2D eigenvalue weighted by Gasteiger charge is 2.13. The largest absolute Gasteiger partial charge is 0.490 e. The summed E-state index contributed by atoms with van der Waals surface area (Å²) in [7, 11) is 0. The highest BCUT2D eigenvalue weighted by molar-refractivity contribution is 6.30. The molecule has 158 valence electrons. The van der Waals surface area contributed by atoms with Gasteiger partial charge in [-0.2, -0.15) is 5.10 Å². The monoisotopic (exact) mass is 440 g/mol. The highest BCUT2D eigenvalue weighted by atomic mass is 35.5. The molecule has 0 radical (unpaired) electrons. The van der Waals surface area contributed by atoms with Crippen molar-refractivity contribution in [3.63, 3.8) is 0 Å². The van der Waals surface area contributed by atoms with Crippen molar-refractivity contribution in [1.29, 1.82) is 0 Å². The van der Waals surface area contributed by atoms with E-state index >= 15 is 0 Å². The summed E-state index contributed by atoms with van der Waals surface area (Å²) in [5.41, 5.74) is 3.59. The Morgan fingerprint density at radius 3 is 2.35 bits per heavy atom. The third-order valence-electron chi connectivity index (χ3n) is 4.04. The summed E-state index contributed by atoms with van der Waals surface area (Å²) in [5.74, 6) is -0.867. The van der Waals surface area contributed by atoms with Gasteiger partial charge in [-0.25, -0.2) is 14.6 Å². The predicted octanol–water partition coefficient (Wildman–Crippen LogP) is 4.86. The van der Waals surface area contributed by atoms with Crippen LogP contribution >= 0.6 is 11.6 Å². The van der Waals surface area contributed by atoms with Crippen LogP contribution in [0, 0.1) is 5.82 Å². The Morgan fingerprint density at radius 2 is 1.68 bits per heavy atom. The van der Waals surface area contributed by atoms with Gasteiger partial charge in [-0.05, 0) is 79.2 Å². The molecule has 31 heavy (non-hydrogen) atoms. The fraction of sp³-hybridized carbons (Fsp3) is 0.0870. The molecule has 0 saturated heterocycles. The Balaban J connectivity index is 1.69. The molecule has 0 heterocycles. The number of carbonyl (C=O) groups excluding carboxylic acids is 2. The normalized spacial score (nSPS) is 10.7. The Hall–Kier alpha value is -3.71. The second-order valence-electron chi connectivity index (χ2n) is 6.24. The van der Waals surface area contributed by atoms with Crippen molar-refractivity contribution < 1.29 is 23.5 Å². The second kappa shape index (κ2) is 10.4. The van der Waals surface area contributed by atoms with Gasteiger partial charge in [0.25, 0.3) is 5.91 Å². The van der Waals surface area contributed by atoms with Crippen LogP contribution in [-0.2, 0) is 0 Å². The van der Waals surface area contributed by atoms with E-state index in [1.54, 1.807) is 49.4 Å². The molecule has 0 saturated carbocycles. The first-order valence-corrected chi connectivity index (χ1v) is 9.67. The lowest BCUT2D eigenvalue weighted by atomic mass is 10.2. The summed E-state index contributed by atoms with van der Waals surface area (Å²) in [6.45, 7) is 2.15. The molecule has 0 aromatic heterocycles. The summed E-state index contributed by atoms with van der Waals surface area (Å²) in [6, 6.07) is 16.3. The molecule has 3 aromatic rings. The number of hydrogen-bond donors (Lipinski definition) is 1. The Bertz CT molecular complexity index is 1100. The summed E-state index contributed by atoms with van der Waals surface area (Å²) in [5, 5.41) is 4.41. The molecule has 0 spiro atoms. The molecule has 0 aliphatic heterocycles. The molecule has 8 heteroatoms. The molecule has 0 atom stereocenters. The molecule has 1 amide bonds. The van der Waals surface area contributed by atoms with Gasteiger partial charge in [0.15, 0.2) is 11.5 Å². The number of hydrogen-bond acceptors (Lipinski definition) is 5. The maximum absolute atomic E-state index is 12.9. The van der Waals surface area contributed by atoms with Gasteiger partial charge < -0.3 is 9.47 Å². The zero-order valence-corrected chi connectivity index (χ0v) is 17.2. The van der Waals surface area contributed by atoms with Crippen LogP contribution in [0.5, 0.6) is 11.5 Å². The summed E-state index contributed by atoms with van der Waals surface area (Å²) >= 11 is 5.84. The zero-order chi connectivity index (χ0) is 22.2. The molecule has 1 N–H and O–H groups in total. The summed E-state index contributed by atoms with van der Waals surface area (Å²) in [6.07, 6.45) is 1.41. The minimum atomic E-state index is -0.550. The van der Waals surface area contributed by atoms with E-state index in [0.29, 0.717) is 28.5 Å². The van der Waals surface area contributed by atoms with Crippen LogP contribution in [-0.4, -0.2) is 24.7 Å². The molecular formula is C23H18ClFN2O4. The van der Waals surface area contributed by atoms with E-state index in [2.05, 4.69) is 10.5 Å². The highest BCUT2D eigenvalue weighted by Crippen LogP contribution is 2.29. The standard InChI is InChI=1S/C23H18ClFN2O4/c1-2-30-21-13-15(14-26-27-22(28)16-6-10-19(25)11-7-16)3-12-20(21)31-23(29)17-4-8-18(24)9-5-17/h3-14H,2H2,1H3,(H,27,28)/b26-14-. The molecule has 0 unspecified atom stereocenters. The van der Waals surface area contributed by atoms with Crippen LogP contribution in [0.1, 0.15) is 33.2 Å². The van der Waals surface area contributed by atoms with E-state index in [0.717, 1.165) is 0 Å². The van der Waals surface area contributed by atoms with E-state index in [-0.39, 0.29) is 11.3 Å². The van der Waals surface area contributed by atoms with Crippen molar-refractivity contribution in [1.82, 2.24) is 5.43 Å². The lowest BCUT2D eigenvalue weighted by Crippen LogP contribution is -2.17. The number of ether oxygens (including phenoxy) is 2. The van der Waals surface area contributed by atoms with Gasteiger partial charge in [-0.1, -0.05) is 11.6 Å². The minimum absolute atomic E-state index is 0.245. The zero-order valence-electron chi connectivity index (χ0n) is 16.5. The number of carbonyl (C=O) groups is 2. The van der Waals surface area contributed by atoms with Crippen molar-refractivity contribution in [2.45, 2.75) is 6.92 Å². The number of rotatable bonds is 7. The van der Waals surface area contributed by atoms with Crippen LogP contribution in [0.2, 0.25) is 5.02 Å². The van der Waals surface area contributed by atoms with Gasteiger partial charge >= 0.3 is 5.97 Å². The smallest absolute Gasteiger partial charge is 0.343 e. The number of amides is 1. The molecular weight excluding hydrogens is 423 g/mol. The minimum Gasteiger partial charge on any atom is -0.490 e. The van der Waals surface area contributed by atoms with Crippen LogP contribution < -0.4 is 14.9 Å². The van der Waals surface area contributed by atoms with E-state index in [1.807, 2.05) is 0 Å². The molecule has 3 rings (SSSR count). The SMILES string of the molecule is CCOc1cc(/C=N\NC(=O)c2ccc(F)cc2)ccc1OC(=O)c1ccc(Cl)cc1.